The van der Waals surface area contributed by atoms with Gasteiger partial charge in [-0.05, 0) is 55.5 Å². The highest BCUT2D eigenvalue weighted by atomic mass is 32.2. The Balaban J connectivity index is 1.76. The molecule has 0 aliphatic carbocycles. The van der Waals surface area contributed by atoms with Gasteiger partial charge in [-0.15, -0.1) is 0 Å². The van der Waals surface area contributed by atoms with Crippen molar-refractivity contribution in [1.82, 2.24) is 0 Å². The van der Waals surface area contributed by atoms with Crippen molar-refractivity contribution in [2.24, 2.45) is 0 Å². The number of para-hydroxylation sites is 2. The van der Waals surface area contributed by atoms with E-state index in [2.05, 4.69) is 10.0 Å². The molecule has 13 heteroatoms. The fourth-order valence-electron chi connectivity index (χ4n) is 3.47. The maximum absolute atomic E-state index is 12.9. The number of methoxy groups -OCH3 is 2. The average molecular weight is 564 g/mol. The van der Waals surface area contributed by atoms with Gasteiger partial charge in [-0.1, -0.05) is 12.1 Å². The van der Waals surface area contributed by atoms with Crippen LogP contribution < -0.4 is 28.6 Å². The standard InChI is InChI=1S/C25H29N3O8S2/c1-5-36-24-9-7-6-8-22(24)28(37(4,30)31)17-25(29)26-18-10-13-20(14-11-18)38(32,33)27-21-16-19(34-2)12-15-23(21)35-3/h6-16,27H,5,17H2,1-4H3,(H,26,29). The molecule has 0 aromatic heterocycles. The van der Waals surface area contributed by atoms with E-state index in [0.29, 0.717) is 23.9 Å². The van der Waals surface area contributed by atoms with Crippen LogP contribution in [0.1, 0.15) is 6.92 Å². The van der Waals surface area contributed by atoms with Crippen LogP contribution in [-0.2, 0) is 24.8 Å². The SMILES string of the molecule is CCOc1ccccc1N(CC(=O)Nc1ccc(S(=O)(=O)Nc2cc(OC)ccc2OC)cc1)S(C)(=O)=O. The van der Waals surface area contributed by atoms with Crippen LogP contribution in [-0.4, -0.2) is 56.4 Å². The van der Waals surface area contributed by atoms with Gasteiger partial charge in [0.15, 0.2) is 0 Å². The molecule has 0 aliphatic rings. The lowest BCUT2D eigenvalue weighted by Crippen LogP contribution is -2.37. The number of carbonyl (C=O) groups excluding carboxylic acids is 1. The number of nitrogens with one attached hydrogen (secondary N) is 2. The zero-order valence-corrected chi connectivity index (χ0v) is 22.9. The summed E-state index contributed by atoms with van der Waals surface area (Å²) in [5, 5.41) is 2.59. The average Bonchev–Trinajstić information content (AvgIpc) is 2.87. The molecule has 0 aliphatic heterocycles. The molecule has 2 N–H and O–H groups in total. The molecule has 3 aromatic carbocycles. The second-order valence-electron chi connectivity index (χ2n) is 7.91. The summed E-state index contributed by atoms with van der Waals surface area (Å²) in [6.45, 7) is 1.57. The van der Waals surface area contributed by atoms with Crippen molar-refractivity contribution < 1.29 is 35.8 Å². The van der Waals surface area contributed by atoms with Crippen molar-refractivity contribution in [2.45, 2.75) is 11.8 Å². The Labute approximate surface area is 222 Å². The van der Waals surface area contributed by atoms with Crippen LogP contribution in [0, 0.1) is 0 Å². The fourth-order valence-corrected chi connectivity index (χ4v) is 5.39. The number of hydrogen-bond donors (Lipinski definition) is 2. The first-order valence-electron chi connectivity index (χ1n) is 11.3. The lowest BCUT2D eigenvalue weighted by Gasteiger charge is -2.24. The topological polar surface area (TPSA) is 140 Å². The predicted molar refractivity (Wildman–Crippen MR) is 145 cm³/mol. The van der Waals surface area contributed by atoms with Crippen molar-refractivity contribution in [3.05, 3.63) is 66.7 Å². The van der Waals surface area contributed by atoms with Crippen LogP contribution in [0.2, 0.25) is 0 Å². The quantitative estimate of drug-likeness (QED) is 0.342. The van der Waals surface area contributed by atoms with E-state index in [1.807, 2.05) is 0 Å². The van der Waals surface area contributed by atoms with E-state index in [1.165, 1.54) is 44.6 Å². The van der Waals surface area contributed by atoms with E-state index >= 15 is 0 Å². The van der Waals surface area contributed by atoms with Gasteiger partial charge in [-0.25, -0.2) is 16.8 Å². The van der Waals surface area contributed by atoms with Crippen LogP contribution in [0.25, 0.3) is 0 Å². The van der Waals surface area contributed by atoms with E-state index in [0.717, 1.165) is 10.6 Å². The Bertz CT molecular complexity index is 1490. The molecule has 0 saturated heterocycles. The fraction of sp³-hybridized carbons (Fsp3) is 0.240. The van der Waals surface area contributed by atoms with E-state index < -0.39 is 32.5 Å². The zero-order chi connectivity index (χ0) is 27.9. The number of rotatable bonds is 12. The van der Waals surface area contributed by atoms with Crippen LogP contribution in [0.3, 0.4) is 0 Å². The Morgan fingerprint density at radius 1 is 0.895 bits per heavy atom. The van der Waals surface area contributed by atoms with Crippen LogP contribution in [0.5, 0.6) is 17.2 Å². The van der Waals surface area contributed by atoms with E-state index in [4.69, 9.17) is 14.2 Å². The van der Waals surface area contributed by atoms with E-state index in [1.54, 1.807) is 43.3 Å². The lowest BCUT2D eigenvalue weighted by molar-refractivity contribution is -0.114. The normalized spacial score (nSPS) is 11.4. The van der Waals surface area contributed by atoms with Crippen molar-refractivity contribution in [2.75, 3.05) is 48.0 Å². The minimum absolute atomic E-state index is 0.0659. The third kappa shape index (κ3) is 7.07. The summed E-state index contributed by atoms with van der Waals surface area (Å²) in [4.78, 5) is 12.7. The molecule has 0 atom stereocenters. The molecule has 38 heavy (non-hydrogen) atoms. The predicted octanol–water partition coefficient (Wildman–Crippen LogP) is 3.31. The molecule has 204 valence electrons. The summed E-state index contributed by atoms with van der Waals surface area (Å²) in [5.74, 6) is 0.438. The highest BCUT2D eigenvalue weighted by Crippen LogP contribution is 2.32. The third-order valence-electron chi connectivity index (χ3n) is 5.22. The lowest BCUT2D eigenvalue weighted by atomic mass is 10.3. The molecule has 3 aromatic rings. The van der Waals surface area contributed by atoms with Gasteiger partial charge in [0.2, 0.25) is 15.9 Å². The van der Waals surface area contributed by atoms with E-state index in [-0.39, 0.29) is 22.0 Å². The van der Waals surface area contributed by atoms with Crippen LogP contribution in [0.15, 0.2) is 71.6 Å². The smallest absolute Gasteiger partial charge is 0.262 e. The molecular formula is C25H29N3O8S2. The minimum Gasteiger partial charge on any atom is -0.497 e. The van der Waals surface area contributed by atoms with Gasteiger partial charge in [0.05, 0.1) is 43.4 Å². The number of amides is 1. The highest BCUT2D eigenvalue weighted by molar-refractivity contribution is 7.92. The maximum atomic E-state index is 12.9. The summed E-state index contributed by atoms with van der Waals surface area (Å²) in [5.41, 5.74) is 0.698. The number of sulfonamides is 2. The zero-order valence-electron chi connectivity index (χ0n) is 21.3. The van der Waals surface area contributed by atoms with E-state index in [9.17, 15) is 21.6 Å². The first-order valence-corrected chi connectivity index (χ1v) is 14.7. The van der Waals surface area contributed by atoms with Gasteiger partial charge in [-0.3, -0.25) is 13.8 Å². The Hall–Kier alpha value is -3.97. The molecule has 3 rings (SSSR count). The van der Waals surface area contributed by atoms with Gasteiger partial charge in [0.25, 0.3) is 10.0 Å². The molecule has 0 unspecified atom stereocenters. The van der Waals surface area contributed by atoms with Gasteiger partial charge >= 0.3 is 0 Å². The number of hydrogen-bond acceptors (Lipinski definition) is 8. The van der Waals surface area contributed by atoms with Gasteiger partial charge in [-0.2, -0.15) is 0 Å². The van der Waals surface area contributed by atoms with Gasteiger partial charge in [0.1, 0.15) is 23.8 Å². The number of nitrogens with zero attached hydrogens (tertiary/aromatic N) is 1. The summed E-state index contributed by atoms with van der Waals surface area (Å²) < 4.78 is 70.0. The molecule has 0 bridgehead atoms. The Kier molecular flexibility index (Phi) is 9.07. The molecule has 0 heterocycles. The van der Waals surface area contributed by atoms with Crippen molar-refractivity contribution in [1.29, 1.82) is 0 Å². The van der Waals surface area contributed by atoms with Gasteiger partial charge < -0.3 is 19.5 Å². The minimum atomic E-state index is -4.00. The van der Waals surface area contributed by atoms with Crippen LogP contribution >= 0.6 is 0 Å². The molecule has 0 fully saturated rings. The molecular weight excluding hydrogens is 534 g/mol. The Morgan fingerprint density at radius 3 is 2.18 bits per heavy atom. The molecule has 0 saturated carbocycles. The number of ether oxygens (including phenoxy) is 3. The molecule has 0 radical (unpaired) electrons. The largest absolute Gasteiger partial charge is 0.497 e. The second kappa shape index (κ2) is 12.0. The first-order chi connectivity index (χ1) is 18.0. The van der Waals surface area contributed by atoms with Crippen molar-refractivity contribution >= 4 is 43.0 Å². The second-order valence-corrected chi connectivity index (χ2v) is 11.5. The number of anilines is 3. The van der Waals surface area contributed by atoms with Crippen molar-refractivity contribution in [3.8, 4) is 17.2 Å². The summed E-state index contributed by atoms with van der Waals surface area (Å²) in [7, 11) is -4.96. The van der Waals surface area contributed by atoms with Gasteiger partial charge in [0, 0.05) is 11.8 Å². The maximum Gasteiger partial charge on any atom is 0.262 e. The molecule has 1 amide bonds. The number of carbonyl (C=O) groups is 1. The highest BCUT2D eigenvalue weighted by Gasteiger charge is 2.24. The summed E-state index contributed by atoms with van der Waals surface area (Å²) in [6.07, 6.45) is 0.993. The number of benzene rings is 3. The first kappa shape index (κ1) is 28.6. The monoisotopic (exact) mass is 563 g/mol. The Morgan fingerprint density at radius 2 is 1.58 bits per heavy atom. The van der Waals surface area contributed by atoms with Crippen molar-refractivity contribution in [3.63, 3.8) is 0 Å². The summed E-state index contributed by atoms with van der Waals surface area (Å²) in [6, 6.07) is 16.6. The molecule has 0 spiro atoms. The summed E-state index contributed by atoms with van der Waals surface area (Å²) >= 11 is 0. The third-order valence-corrected chi connectivity index (χ3v) is 7.73. The molecule has 11 nitrogen and oxygen atoms in total. The van der Waals surface area contributed by atoms with Crippen LogP contribution in [0.4, 0.5) is 17.1 Å².